The van der Waals surface area contributed by atoms with Gasteiger partial charge < -0.3 is 19.3 Å². The van der Waals surface area contributed by atoms with E-state index in [0.29, 0.717) is 23.5 Å². The Bertz CT molecular complexity index is 753. The number of fused-ring (bicyclic) bond motifs is 2. The second kappa shape index (κ2) is 6.89. The van der Waals surface area contributed by atoms with Crippen LogP contribution in [0, 0.1) is 11.8 Å². The van der Waals surface area contributed by atoms with Crippen LogP contribution in [0.1, 0.15) is 24.8 Å². The molecule has 0 saturated heterocycles. The van der Waals surface area contributed by atoms with E-state index in [1.807, 2.05) is 31.2 Å². The summed E-state index contributed by atoms with van der Waals surface area (Å²) < 4.78 is 16.5. The monoisotopic (exact) mass is 358 g/mol. The summed E-state index contributed by atoms with van der Waals surface area (Å²) in [4.78, 5) is 13.1. The molecule has 0 radical (unpaired) electrons. The number of carbonyl (C=O) groups is 1. The van der Waals surface area contributed by atoms with E-state index in [1.54, 1.807) is 27.4 Å². The van der Waals surface area contributed by atoms with Gasteiger partial charge in [0.2, 0.25) is 0 Å². The number of methoxy groups -OCH3 is 3. The molecule has 2 bridgehead atoms. The highest BCUT2D eigenvalue weighted by Crippen LogP contribution is 2.56. The summed E-state index contributed by atoms with van der Waals surface area (Å²) in [5.74, 6) is 0.375. The third-order valence-corrected chi connectivity index (χ3v) is 5.97. The molecule has 3 rings (SSSR count). The lowest BCUT2D eigenvalue weighted by molar-refractivity contribution is -0.130. The highest BCUT2D eigenvalue weighted by Gasteiger charge is 2.63. The zero-order chi connectivity index (χ0) is 19.1. The van der Waals surface area contributed by atoms with Crippen LogP contribution < -0.4 is 9.47 Å². The average Bonchev–Trinajstić information content (AvgIpc) is 2.81. The van der Waals surface area contributed by atoms with Gasteiger partial charge in [0.05, 0.1) is 26.2 Å². The first kappa shape index (κ1) is 18.7. The zero-order valence-corrected chi connectivity index (χ0v) is 15.7. The van der Waals surface area contributed by atoms with E-state index in [1.165, 1.54) is 0 Å². The van der Waals surface area contributed by atoms with Crippen LogP contribution >= 0.6 is 0 Å². The number of Topliss-reactive ketones (excluding diaryl/α,β-unsaturated/α-hetero) is 1. The number of rotatable bonds is 6. The minimum absolute atomic E-state index is 0.0331. The number of carbonyl (C=O) groups excluding carboxylic acids is 1. The van der Waals surface area contributed by atoms with Crippen molar-refractivity contribution in [3.63, 3.8) is 0 Å². The normalized spacial score (nSPS) is 33.0. The Balaban J connectivity index is 2.11. The third kappa shape index (κ3) is 2.49. The van der Waals surface area contributed by atoms with Gasteiger partial charge in [0.15, 0.2) is 17.3 Å². The maximum absolute atomic E-state index is 13.1. The highest BCUT2D eigenvalue weighted by atomic mass is 16.5. The van der Waals surface area contributed by atoms with Gasteiger partial charge in [-0.05, 0) is 41.7 Å². The van der Waals surface area contributed by atoms with Crippen LogP contribution in [0.4, 0.5) is 0 Å². The molecular weight excluding hydrogens is 332 g/mol. The Hall–Kier alpha value is -2.11. The lowest BCUT2D eigenvalue weighted by Gasteiger charge is -2.36. The number of aliphatic hydroxyl groups excluding tert-OH is 1. The van der Waals surface area contributed by atoms with E-state index in [0.717, 1.165) is 5.56 Å². The smallest absolute Gasteiger partial charge is 0.165 e. The molecule has 1 aromatic rings. The van der Waals surface area contributed by atoms with Crippen molar-refractivity contribution in [2.75, 3.05) is 21.3 Å². The lowest BCUT2D eigenvalue weighted by Crippen LogP contribution is -2.48. The molecule has 2 aliphatic rings. The Morgan fingerprint density at radius 3 is 2.46 bits per heavy atom. The number of hydrogen-bond acceptors (Lipinski definition) is 5. The van der Waals surface area contributed by atoms with Crippen molar-refractivity contribution in [3.8, 4) is 11.5 Å². The van der Waals surface area contributed by atoms with Crippen LogP contribution in [0.2, 0.25) is 0 Å². The average molecular weight is 358 g/mol. The lowest BCUT2D eigenvalue weighted by atomic mass is 9.79. The summed E-state index contributed by atoms with van der Waals surface area (Å²) in [6.07, 6.45) is 3.10. The molecule has 0 spiro atoms. The van der Waals surface area contributed by atoms with Crippen molar-refractivity contribution in [1.82, 2.24) is 0 Å². The maximum Gasteiger partial charge on any atom is 0.165 e. The first-order valence-corrected chi connectivity index (χ1v) is 8.77. The molecule has 140 valence electrons. The minimum atomic E-state index is -0.887. The Morgan fingerprint density at radius 1 is 1.19 bits per heavy atom. The van der Waals surface area contributed by atoms with Crippen molar-refractivity contribution in [1.29, 1.82) is 0 Å². The number of ketones is 1. The van der Waals surface area contributed by atoms with E-state index in [2.05, 4.69) is 6.58 Å². The minimum Gasteiger partial charge on any atom is -0.493 e. The van der Waals surface area contributed by atoms with Gasteiger partial charge in [-0.3, -0.25) is 4.79 Å². The number of ether oxygens (including phenoxy) is 3. The fraction of sp³-hybridized carbons (Fsp3) is 0.476. The predicted octanol–water partition coefficient (Wildman–Crippen LogP) is 2.88. The first-order valence-electron chi connectivity index (χ1n) is 8.77. The van der Waals surface area contributed by atoms with Gasteiger partial charge in [-0.2, -0.15) is 0 Å². The molecule has 0 amide bonds. The molecule has 1 saturated carbocycles. The summed E-state index contributed by atoms with van der Waals surface area (Å²) in [5.41, 5.74) is 0.709. The Morgan fingerprint density at radius 2 is 1.88 bits per heavy atom. The van der Waals surface area contributed by atoms with Gasteiger partial charge in [-0.1, -0.05) is 19.1 Å². The van der Waals surface area contributed by atoms with Gasteiger partial charge in [-0.15, -0.1) is 6.58 Å². The SMILES string of the molecule is C=CCC1=C[C@@]2(OC)[C@H](O)[C@H](C1=O)[C@H](c1ccc(OC)c(OC)c1)[C@@H]2C. The third-order valence-electron chi connectivity index (χ3n) is 5.97. The van der Waals surface area contributed by atoms with E-state index >= 15 is 0 Å². The van der Waals surface area contributed by atoms with Crippen LogP contribution in [-0.2, 0) is 9.53 Å². The standard InChI is InChI=1S/C21H26O5/c1-6-7-14-11-21(26-5)12(2)17(18(19(14)22)20(21)23)13-8-9-15(24-3)16(10-13)25-4/h6,8-12,17-18,20,23H,1,7H2,2-5H3/t12-,17-,18-,20+,21-/m0/s1. The van der Waals surface area contributed by atoms with Crippen LogP contribution in [0.25, 0.3) is 0 Å². The molecular formula is C21H26O5. The summed E-state index contributed by atoms with van der Waals surface area (Å²) in [5, 5.41) is 11.0. The summed E-state index contributed by atoms with van der Waals surface area (Å²) in [6, 6.07) is 5.65. The molecule has 0 aromatic heterocycles. The van der Waals surface area contributed by atoms with Crippen molar-refractivity contribution in [2.24, 2.45) is 11.8 Å². The van der Waals surface area contributed by atoms with E-state index < -0.39 is 17.6 Å². The fourth-order valence-electron chi connectivity index (χ4n) is 4.66. The van der Waals surface area contributed by atoms with E-state index in [-0.39, 0.29) is 17.6 Å². The van der Waals surface area contributed by atoms with E-state index in [4.69, 9.17) is 14.2 Å². The van der Waals surface area contributed by atoms with Crippen LogP contribution in [0.3, 0.4) is 0 Å². The molecule has 5 atom stereocenters. The Kier molecular flexibility index (Phi) is 4.95. The first-order chi connectivity index (χ1) is 12.4. The van der Waals surface area contributed by atoms with Gasteiger partial charge in [0, 0.05) is 13.0 Å². The molecule has 2 aliphatic carbocycles. The number of allylic oxidation sites excluding steroid dienone is 2. The van der Waals surface area contributed by atoms with Crippen molar-refractivity contribution in [2.45, 2.75) is 31.0 Å². The zero-order valence-electron chi connectivity index (χ0n) is 15.7. The Labute approximate surface area is 154 Å². The van der Waals surface area contributed by atoms with E-state index in [9.17, 15) is 9.90 Å². The van der Waals surface area contributed by atoms with Crippen LogP contribution in [-0.4, -0.2) is 43.9 Å². The highest BCUT2D eigenvalue weighted by molar-refractivity contribution is 6.00. The molecule has 5 nitrogen and oxygen atoms in total. The fourth-order valence-corrected chi connectivity index (χ4v) is 4.66. The van der Waals surface area contributed by atoms with Gasteiger partial charge in [0.25, 0.3) is 0 Å². The van der Waals surface area contributed by atoms with Gasteiger partial charge >= 0.3 is 0 Å². The number of benzene rings is 1. The maximum atomic E-state index is 13.1. The summed E-state index contributed by atoms with van der Waals surface area (Å²) in [7, 11) is 4.76. The van der Waals surface area contributed by atoms with Crippen LogP contribution in [0.5, 0.6) is 11.5 Å². The molecule has 0 unspecified atom stereocenters. The number of aliphatic hydroxyl groups is 1. The molecule has 1 fully saturated rings. The summed E-state index contributed by atoms with van der Waals surface area (Å²) >= 11 is 0. The topological polar surface area (TPSA) is 65.0 Å². The van der Waals surface area contributed by atoms with Crippen LogP contribution in [0.15, 0.2) is 42.5 Å². The predicted molar refractivity (Wildman–Crippen MR) is 98.6 cm³/mol. The summed E-state index contributed by atoms with van der Waals surface area (Å²) in [6.45, 7) is 5.76. The molecule has 0 aliphatic heterocycles. The molecule has 0 heterocycles. The van der Waals surface area contributed by atoms with Crippen molar-refractivity contribution < 1.29 is 24.1 Å². The quantitative estimate of drug-likeness (QED) is 0.792. The molecule has 1 N–H and O–H groups in total. The molecule has 1 aromatic carbocycles. The number of hydrogen-bond donors (Lipinski definition) is 1. The van der Waals surface area contributed by atoms with Gasteiger partial charge in [0.1, 0.15) is 5.60 Å². The van der Waals surface area contributed by atoms with Gasteiger partial charge in [-0.25, -0.2) is 0 Å². The molecule has 5 heteroatoms. The largest absolute Gasteiger partial charge is 0.493 e. The van der Waals surface area contributed by atoms with Crippen molar-refractivity contribution >= 4 is 5.78 Å². The second-order valence-corrected chi connectivity index (χ2v) is 6.98. The second-order valence-electron chi connectivity index (χ2n) is 6.98. The van der Waals surface area contributed by atoms with Crippen molar-refractivity contribution in [3.05, 3.63) is 48.1 Å². The molecule has 26 heavy (non-hydrogen) atoms.